The van der Waals surface area contributed by atoms with E-state index >= 15 is 0 Å². The molecule has 1 aromatic carbocycles. The third kappa shape index (κ3) is 3.98. The Hall–Kier alpha value is -1.06. The fourth-order valence-corrected chi connectivity index (χ4v) is 3.57. The van der Waals surface area contributed by atoms with Crippen LogP contribution in [0.5, 0.6) is 0 Å². The van der Waals surface area contributed by atoms with E-state index in [0.29, 0.717) is 0 Å². The van der Waals surface area contributed by atoms with E-state index in [1.807, 2.05) is 0 Å². The van der Waals surface area contributed by atoms with E-state index in [1.54, 1.807) is 0 Å². The van der Waals surface area contributed by atoms with Crippen molar-refractivity contribution < 1.29 is 0 Å². The SMILES string of the molecule is CN1CCc2cc(CNCCCN3CCCCC3)ccc21. The predicted molar refractivity (Wildman–Crippen MR) is 90.0 cm³/mol. The summed E-state index contributed by atoms with van der Waals surface area (Å²) in [5.41, 5.74) is 4.37. The van der Waals surface area contributed by atoms with Crippen LogP contribution in [-0.2, 0) is 13.0 Å². The lowest BCUT2D eigenvalue weighted by Crippen LogP contribution is -2.32. The molecule has 0 amide bonds. The number of fused-ring (bicyclic) bond motifs is 1. The van der Waals surface area contributed by atoms with Crippen molar-refractivity contribution in [1.29, 1.82) is 0 Å². The molecule has 3 heteroatoms. The number of rotatable bonds is 6. The van der Waals surface area contributed by atoms with Crippen molar-refractivity contribution in [3.63, 3.8) is 0 Å². The summed E-state index contributed by atoms with van der Waals surface area (Å²) in [5, 5.41) is 3.60. The van der Waals surface area contributed by atoms with Crippen LogP contribution in [0.2, 0.25) is 0 Å². The van der Waals surface area contributed by atoms with Crippen LogP contribution in [-0.4, -0.2) is 44.7 Å². The van der Waals surface area contributed by atoms with Crippen molar-refractivity contribution in [3.8, 4) is 0 Å². The first-order valence-corrected chi connectivity index (χ1v) is 8.59. The second-order valence-electron chi connectivity index (χ2n) is 6.57. The molecule has 21 heavy (non-hydrogen) atoms. The molecule has 0 bridgehead atoms. The lowest BCUT2D eigenvalue weighted by Gasteiger charge is -2.26. The highest BCUT2D eigenvalue weighted by Gasteiger charge is 2.15. The molecule has 0 saturated carbocycles. The van der Waals surface area contributed by atoms with Crippen molar-refractivity contribution in [2.75, 3.05) is 44.7 Å². The fourth-order valence-electron chi connectivity index (χ4n) is 3.57. The topological polar surface area (TPSA) is 18.5 Å². The molecule has 0 spiro atoms. The molecule has 1 fully saturated rings. The van der Waals surface area contributed by atoms with E-state index < -0.39 is 0 Å². The van der Waals surface area contributed by atoms with Gasteiger partial charge in [-0.15, -0.1) is 0 Å². The second-order valence-corrected chi connectivity index (χ2v) is 6.57. The molecule has 2 aliphatic heterocycles. The molecule has 0 atom stereocenters. The van der Waals surface area contributed by atoms with Crippen molar-refractivity contribution in [2.45, 2.75) is 38.6 Å². The molecule has 116 valence electrons. The van der Waals surface area contributed by atoms with Gasteiger partial charge in [0, 0.05) is 25.8 Å². The van der Waals surface area contributed by atoms with Gasteiger partial charge in [0.2, 0.25) is 0 Å². The van der Waals surface area contributed by atoms with Gasteiger partial charge in [-0.25, -0.2) is 0 Å². The van der Waals surface area contributed by atoms with Crippen LogP contribution in [0.1, 0.15) is 36.8 Å². The minimum Gasteiger partial charge on any atom is -0.374 e. The molecule has 3 nitrogen and oxygen atoms in total. The van der Waals surface area contributed by atoms with E-state index in [4.69, 9.17) is 0 Å². The van der Waals surface area contributed by atoms with Crippen molar-refractivity contribution >= 4 is 5.69 Å². The monoisotopic (exact) mass is 287 g/mol. The largest absolute Gasteiger partial charge is 0.374 e. The number of nitrogens with zero attached hydrogens (tertiary/aromatic N) is 2. The standard InChI is InChI=1S/C18H29N3/c1-20-13-8-17-14-16(6-7-18(17)20)15-19-9-5-12-21-10-3-2-4-11-21/h6-7,14,19H,2-5,8-13,15H2,1H3. The summed E-state index contributed by atoms with van der Waals surface area (Å²) in [6.45, 7) is 7.21. The minimum atomic E-state index is 1.01. The average molecular weight is 287 g/mol. The second kappa shape index (κ2) is 7.28. The summed E-state index contributed by atoms with van der Waals surface area (Å²) >= 11 is 0. The highest BCUT2D eigenvalue weighted by Crippen LogP contribution is 2.27. The Kier molecular flexibility index (Phi) is 5.15. The van der Waals surface area contributed by atoms with Crippen LogP contribution in [0.4, 0.5) is 5.69 Å². The van der Waals surface area contributed by atoms with Gasteiger partial charge < -0.3 is 15.1 Å². The van der Waals surface area contributed by atoms with Gasteiger partial charge in [0.25, 0.3) is 0 Å². The van der Waals surface area contributed by atoms with Crippen molar-refractivity contribution in [2.24, 2.45) is 0 Å². The highest BCUT2D eigenvalue weighted by atomic mass is 15.1. The van der Waals surface area contributed by atoms with Gasteiger partial charge in [-0.3, -0.25) is 0 Å². The quantitative estimate of drug-likeness (QED) is 0.812. The summed E-state index contributed by atoms with van der Waals surface area (Å²) in [5.74, 6) is 0. The summed E-state index contributed by atoms with van der Waals surface area (Å²) < 4.78 is 0. The minimum absolute atomic E-state index is 1.01. The molecule has 3 rings (SSSR count). The van der Waals surface area contributed by atoms with Gasteiger partial charge in [0.05, 0.1) is 0 Å². The zero-order valence-corrected chi connectivity index (χ0v) is 13.4. The molecule has 0 unspecified atom stereocenters. The number of benzene rings is 1. The third-order valence-electron chi connectivity index (χ3n) is 4.88. The van der Waals surface area contributed by atoms with Crippen LogP contribution < -0.4 is 10.2 Å². The molecule has 0 aliphatic carbocycles. The maximum atomic E-state index is 3.60. The molecule has 2 heterocycles. The third-order valence-corrected chi connectivity index (χ3v) is 4.88. The molecule has 1 saturated heterocycles. The highest BCUT2D eigenvalue weighted by molar-refractivity contribution is 5.58. The van der Waals surface area contributed by atoms with Crippen LogP contribution >= 0.6 is 0 Å². The number of nitrogens with one attached hydrogen (secondary N) is 1. The van der Waals surface area contributed by atoms with Crippen molar-refractivity contribution in [3.05, 3.63) is 29.3 Å². The van der Waals surface area contributed by atoms with Crippen LogP contribution in [0.3, 0.4) is 0 Å². The van der Waals surface area contributed by atoms with Crippen LogP contribution in [0.25, 0.3) is 0 Å². The molecule has 1 N–H and O–H groups in total. The summed E-state index contributed by atoms with van der Waals surface area (Å²) in [6.07, 6.45) is 6.71. The van der Waals surface area contributed by atoms with Crippen LogP contribution in [0, 0.1) is 0 Å². The maximum absolute atomic E-state index is 3.60. The normalized spacial score (nSPS) is 19.0. The number of piperidine rings is 1. The predicted octanol–water partition coefficient (Wildman–Crippen LogP) is 2.64. The van der Waals surface area contributed by atoms with E-state index in [2.05, 4.69) is 40.4 Å². The number of hydrogen-bond acceptors (Lipinski definition) is 3. The first-order valence-electron chi connectivity index (χ1n) is 8.59. The van der Waals surface area contributed by atoms with E-state index in [1.165, 1.54) is 75.1 Å². The van der Waals surface area contributed by atoms with Gasteiger partial charge in [-0.1, -0.05) is 18.6 Å². The lowest BCUT2D eigenvalue weighted by molar-refractivity contribution is 0.225. The van der Waals surface area contributed by atoms with Gasteiger partial charge >= 0.3 is 0 Å². The van der Waals surface area contributed by atoms with Crippen molar-refractivity contribution in [1.82, 2.24) is 10.2 Å². The Morgan fingerprint density at radius 1 is 1.10 bits per heavy atom. The van der Waals surface area contributed by atoms with Gasteiger partial charge in [-0.2, -0.15) is 0 Å². The first kappa shape index (κ1) is 14.9. The first-order chi connectivity index (χ1) is 10.3. The molecular formula is C18H29N3. The Morgan fingerprint density at radius 3 is 2.81 bits per heavy atom. The fraction of sp³-hybridized carbons (Fsp3) is 0.667. The van der Waals surface area contributed by atoms with Crippen LogP contribution in [0.15, 0.2) is 18.2 Å². The molecule has 2 aliphatic rings. The Balaban J connectivity index is 1.36. The zero-order valence-electron chi connectivity index (χ0n) is 13.4. The van der Waals surface area contributed by atoms with E-state index in [9.17, 15) is 0 Å². The summed E-state index contributed by atoms with van der Waals surface area (Å²) in [7, 11) is 2.18. The number of anilines is 1. The number of likely N-dealkylation sites (tertiary alicyclic amines) is 1. The van der Waals surface area contributed by atoms with Gasteiger partial charge in [0.1, 0.15) is 0 Å². The molecular weight excluding hydrogens is 258 g/mol. The maximum Gasteiger partial charge on any atom is 0.0397 e. The average Bonchev–Trinajstić information content (AvgIpc) is 2.89. The number of hydrogen-bond donors (Lipinski definition) is 1. The summed E-state index contributed by atoms with van der Waals surface area (Å²) in [6, 6.07) is 6.95. The van der Waals surface area contributed by atoms with E-state index in [-0.39, 0.29) is 0 Å². The molecule has 0 aromatic heterocycles. The Morgan fingerprint density at radius 2 is 1.95 bits per heavy atom. The zero-order chi connectivity index (χ0) is 14.5. The lowest BCUT2D eigenvalue weighted by atomic mass is 10.1. The smallest absolute Gasteiger partial charge is 0.0397 e. The molecule has 0 radical (unpaired) electrons. The van der Waals surface area contributed by atoms with Gasteiger partial charge in [-0.05, 0) is 69.1 Å². The van der Waals surface area contributed by atoms with Gasteiger partial charge in [0.15, 0.2) is 0 Å². The summed E-state index contributed by atoms with van der Waals surface area (Å²) in [4.78, 5) is 4.97. The van der Waals surface area contributed by atoms with E-state index in [0.717, 1.165) is 13.1 Å². The molecule has 1 aromatic rings. The Bertz CT molecular complexity index is 452. The number of likely N-dealkylation sites (N-methyl/N-ethyl adjacent to an activating group) is 1. The Labute approximate surface area is 129 Å².